The number of hydrogen-bond acceptors (Lipinski definition) is 5. The van der Waals surface area contributed by atoms with Gasteiger partial charge in [-0.15, -0.1) is 10.2 Å². The number of carbonyl (C=O) groups excluding carboxylic acids is 1. The van der Waals surface area contributed by atoms with Crippen molar-refractivity contribution >= 4 is 5.78 Å². The topological polar surface area (TPSA) is 80.9 Å². The molecule has 3 unspecified atom stereocenters. The predicted octanol–water partition coefficient (Wildman–Crippen LogP) is 2.73. The Hall–Kier alpha value is -1.30. The highest BCUT2D eigenvalue weighted by molar-refractivity contribution is 5.93. The maximum atomic E-state index is 13.5. The van der Waals surface area contributed by atoms with Crippen LogP contribution < -0.4 is 0 Å². The van der Waals surface area contributed by atoms with Crippen molar-refractivity contribution in [3.63, 3.8) is 0 Å². The Morgan fingerprint density at radius 1 is 1.07 bits per heavy atom. The van der Waals surface area contributed by atoms with Gasteiger partial charge in [0, 0.05) is 5.41 Å². The summed E-state index contributed by atoms with van der Waals surface area (Å²) in [6, 6.07) is 0. The molecule has 0 radical (unpaired) electrons. The Morgan fingerprint density at radius 2 is 1.86 bits per heavy atom. The molecule has 0 saturated heterocycles. The van der Waals surface area contributed by atoms with Gasteiger partial charge in [0.15, 0.2) is 12.1 Å². The van der Waals surface area contributed by atoms with Crippen molar-refractivity contribution in [1.29, 1.82) is 0 Å². The zero-order valence-corrected chi connectivity index (χ0v) is 17.5. The van der Waals surface area contributed by atoms with Crippen molar-refractivity contribution in [2.24, 2.45) is 58.2 Å². The van der Waals surface area contributed by atoms with E-state index in [0.29, 0.717) is 24.2 Å². The van der Waals surface area contributed by atoms with Crippen LogP contribution in [0.2, 0.25) is 0 Å². The van der Waals surface area contributed by atoms with Crippen molar-refractivity contribution in [2.45, 2.75) is 70.9 Å². The third-order valence-electron chi connectivity index (χ3n) is 11.0. The molecule has 11 atom stereocenters. The van der Waals surface area contributed by atoms with E-state index in [1.807, 2.05) is 6.92 Å². The third kappa shape index (κ3) is 1.90. The Kier molecular flexibility index (Phi) is 3.07. The number of rotatable bonds is 3. The molecule has 29 heavy (non-hydrogen) atoms. The third-order valence-corrected chi connectivity index (χ3v) is 11.0. The van der Waals surface area contributed by atoms with Crippen LogP contribution in [-0.2, 0) is 11.3 Å². The fourth-order valence-electron chi connectivity index (χ4n) is 10.2. The minimum absolute atomic E-state index is 0.0615. The van der Waals surface area contributed by atoms with E-state index in [-0.39, 0.29) is 10.8 Å². The van der Waals surface area contributed by atoms with Gasteiger partial charge in [0.1, 0.15) is 6.54 Å². The first kappa shape index (κ1) is 17.4. The number of Topliss-reactive ketones (excluding diaryl/α,β-unsaturated/α-hetero) is 1. The fraction of sp³-hybridized carbons (Fsp3) is 0.913. The lowest BCUT2D eigenvalue weighted by molar-refractivity contribution is -0.136. The van der Waals surface area contributed by atoms with E-state index in [1.165, 1.54) is 43.2 Å². The van der Waals surface area contributed by atoms with E-state index in [4.69, 9.17) is 0 Å². The molecule has 0 amide bonds. The van der Waals surface area contributed by atoms with Crippen LogP contribution in [0.5, 0.6) is 0 Å². The van der Waals surface area contributed by atoms with Crippen LogP contribution in [0.4, 0.5) is 0 Å². The lowest BCUT2D eigenvalue weighted by Crippen LogP contribution is -2.51. The maximum absolute atomic E-state index is 13.5. The number of carbonyl (C=O) groups is 1. The molecule has 7 aliphatic rings. The normalized spacial score (nSPS) is 58.6. The minimum Gasteiger partial charge on any atom is -0.390 e. The van der Waals surface area contributed by atoms with E-state index < -0.39 is 5.60 Å². The van der Waals surface area contributed by atoms with E-state index in [9.17, 15) is 9.90 Å². The molecule has 1 aromatic heterocycles. The zero-order valence-electron chi connectivity index (χ0n) is 17.5. The average molecular weight is 397 g/mol. The summed E-state index contributed by atoms with van der Waals surface area (Å²) in [7, 11) is 0. The highest BCUT2D eigenvalue weighted by Gasteiger charge is 2.99. The summed E-state index contributed by atoms with van der Waals surface area (Å²) in [4.78, 5) is 14.9. The number of nitrogens with zero attached hydrogens (tertiary/aromatic N) is 4. The standard InChI is InChI=1S/C23H32N4O2/c1-21(29)7-5-13-12(9-21)3-4-15-14(13)6-8-22(2)18(15)17-19-20(17)23(19,22)16(28)10-27-25-11-24-26-27/h11-15,17-20,29H,3-10H2,1-2H3/t12-,13+,14-,15-,17?,18-,19-,20?,21-,22+,23?/m1/s1. The second-order valence-electron chi connectivity index (χ2n) is 11.9. The summed E-state index contributed by atoms with van der Waals surface area (Å²) < 4.78 is 0. The molecular weight excluding hydrogens is 364 g/mol. The van der Waals surface area contributed by atoms with Gasteiger partial charge in [-0.1, -0.05) is 6.92 Å². The van der Waals surface area contributed by atoms with Crippen LogP contribution in [0, 0.1) is 58.2 Å². The van der Waals surface area contributed by atoms with Gasteiger partial charge in [-0.25, -0.2) is 0 Å². The van der Waals surface area contributed by atoms with Crippen LogP contribution in [0.15, 0.2) is 6.33 Å². The quantitative estimate of drug-likeness (QED) is 0.850. The van der Waals surface area contributed by atoms with Crippen LogP contribution >= 0.6 is 0 Å². The summed E-state index contributed by atoms with van der Waals surface area (Å²) >= 11 is 0. The SMILES string of the molecule is C[C@@]1(O)CC[C@H]2[C@H](CC[C@@H]3[C@@H]2CC[C@@]2(C)[C@H]3C3C4[C@@H]3C42C(=O)Cn2ncnn2)C1. The van der Waals surface area contributed by atoms with Gasteiger partial charge in [0.2, 0.25) is 0 Å². The van der Waals surface area contributed by atoms with Gasteiger partial charge >= 0.3 is 0 Å². The molecule has 2 bridgehead atoms. The summed E-state index contributed by atoms with van der Waals surface area (Å²) in [5.41, 5.74) is -0.311. The first-order valence-corrected chi connectivity index (χ1v) is 11.8. The smallest absolute Gasteiger partial charge is 0.163 e. The first-order valence-electron chi connectivity index (χ1n) is 11.8. The van der Waals surface area contributed by atoms with Crippen LogP contribution in [0.1, 0.15) is 58.8 Å². The molecule has 6 heteroatoms. The Bertz CT molecular complexity index is 871. The van der Waals surface area contributed by atoms with Gasteiger partial charge < -0.3 is 5.11 Å². The Balaban J connectivity index is 1.16. The van der Waals surface area contributed by atoms with Gasteiger partial charge in [-0.3, -0.25) is 4.79 Å². The number of ketones is 1. The first-order chi connectivity index (χ1) is 13.9. The molecule has 0 aromatic carbocycles. The van der Waals surface area contributed by atoms with E-state index in [0.717, 1.165) is 48.3 Å². The molecule has 6 nitrogen and oxygen atoms in total. The van der Waals surface area contributed by atoms with Crippen molar-refractivity contribution in [1.82, 2.24) is 20.2 Å². The zero-order chi connectivity index (χ0) is 19.8. The van der Waals surface area contributed by atoms with Gasteiger partial charge in [-0.05, 0) is 110 Å². The van der Waals surface area contributed by atoms with Gasteiger partial charge in [0.05, 0.1) is 5.60 Å². The maximum Gasteiger partial charge on any atom is 0.163 e. The largest absolute Gasteiger partial charge is 0.390 e. The number of hydrogen-bond donors (Lipinski definition) is 1. The molecule has 7 fully saturated rings. The number of fused-ring (bicyclic) bond motifs is 3. The molecule has 7 aliphatic carbocycles. The lowest BCUT2D eigenvalue weighted by atomic mass is 9.49. The number of aliphatic hydroxyl groups is 1. The molecule has 1 N–H and O–H groups in total. The summed E-state index contributed by atoms with van der Waals surface area (Å²) in [6.07, 6.45) is 9.75. The van der Waals surface area contributed by atoms with Crippen molar-refractivity contribution in [3.8, 4) is 0 Å². The molecule has 156 valence electrons. The second kappa shape index (κ2) is 5.12. The monoisotopic (exact) mass is 396 g/mol. The van der Waals surface area contributed by atoms with Gasteiger partial charge in [0.25, 0.3) is 0 Å². The van der Waals surface area contributed by atoms with Gasteiger partial charge in [-0.2, -0.15) is 4.80 Å². The predicted molar refractivity (Wildman–Crippen MR) is 104 cm³/mol. The number of tetrazole rings is 1. The summed E-state index contributed by atoms with van der Waals surface area (Å²) in [6.45, 7) is 4.82. The molecule has 0 aliphatic heterocycles. The van der Waals surface area contributed by atoms with Crippen LogP contribution in [0.25, 0.3) is 0 Å². The number of aromatic nitrogens is 4. The van der Waals surface area contributed by atoms with Crippen LogP contribution in [0.3, 0.4) is 0 Å². The van der Waals surface area contributed by atoms with Crippen LogP contribution in [-0.4, -0.2) is 36.7 Å². The molecule has 1 heterocycles. The molecule has 0 spiro atoms. The Morgan fingerprint density at radius 3 is 2.62 bits per heavy atom. The molecule has 1 aromatic rings. The summed E-state index contributed by atoms with van der Waals surface area (Å²) in [5, 5.41) is 22.4. The highest BCUT2D eigenvalue weighted by atomic mass is 16.3. The average Bonchev–Trinajstić information content (AvgIpc) is 3.41. The molecule has 7 saturated carbocycles. The van der Waals surface area contributed by atoms with E-state index in [2.05, 4.69) is 22.3 Å². The minimum atomic E-state index is -0.442. The van der Waals surface area contributed by atoms with Crippen molar-refractivity contribution in [2.75, 3.05) is 0 Å². The second-order valence-corrected chi connectivity index (χ2v) is 11.9. The fourth-order valence-corrected chi connectivity index (χ4v) is 10.2. The molecule has 8 rings (SSSR count). The van der Waals surface area contributed by atoms with E-state index in [1.54, 1.807) is 0 Å². The molecular formula is C23H32N4O2. The highest BCUT2D eigenvalue weighted by Crippen LogP contribution is 2.99. The van der Waals surface area contributed by atoms with Crippen molar-refractivity contribution < 1.29 is 9.90 Å². The summed E-state index contributed by atoms with van der Waals surface area (Å²) in [5.74, 6) is 6.49. The van der Waals surface area contributed by atoms with E-state index >= 15 is 0 Å². The Labute approximate surface area is 171 Å². The lowest BCUT2D eigenvalue weighted by Gasteiger charge is -2.56. The van der Waals surface area contributed by atoms with Crippen molar-refractivity contribution in [3.05, 3.63) is 6.33 Å².